The number of ether oxygens (including phenoxy) is 1. The van der Waals surface area contributed by atoms with Gasteiger partial charge >= 0.3 is 0 Å². The van der Waals surface area contributed by atoms with Crippen molar-refractivity contribution in [3.05, 3.63) is 29.8 Å². The van der Waals surface area contributed by atoms with Crippen LogP contribution in [0.4, 0.5) is 0 Å². The van der Waals surface area contributed by atoms with Gasteiger partial charge in [-0.1, -0.05) is 31.5 Å². The molecule has 1 rings (SSSR count). The molecule has 1 atom stereocenters. The normalized spacial score (nSPS) is 14.0. The summed E-state index contributed by atoms with van der Waals surface area (Å²) in [6, 6.07) is 8.12. The molecule has 0 saturated heterocycles. The topological polar surface area (TPSA) is 41.5 Å². The zero-order chi connectivity index (χ0) is 14.8. The molecule has 0 bridgehead atoms. The zero-order valence-corrected chi connectivity index (χ0v) is 13.1. The van der Waals surface area contributed by atoms with Crippen molar-refractivity contribution in [1.82, 2.24) is 5.32 Å². The fourth-order valence-electron chi connectivity index (χ4n) is 2.26. The van der Waals surface area contributed by atoms with Crippen LogP contribution < -0.4 is 10.1 Å². The summed E-state index contributed by atoms with van der Waals surface area (Å²) in [7, 11) is 0. The van der Waals surface area contributed by atoms with Crippen LogP contribution in [0.25, 0.3) is 0 Å². The second-order valence-corrected chi connectivity index (χ2v) is 5.48. The van der Waals surface area contributed by atoms with Crippen molar-refractivity contribution in [2.45, 2.75) is 52.0 Å². The van der Waals surface area contributed by atoms with Gasteiger partial charge in [-0.2, -0.15) is 0 Å². The highest BCUT2D eigenvalue weighted by molar-refractivity contribution is 5.26. The van der Waals surface area contributed by atoms with E-state index in [-0.39, 0.29) is 12.1 Å². The van der Waals surface area contributed by atoms with Gasteiger partial charge in [0.1, 0.15) is 5.75 Å². The first-order chi connectivity index (χ1) is 9.65. The first-order valence-corrected chi connectivity index (χ1v) is 7.71. The minimum atomic E-state index is -0.146. The largest absolute Gasteiger partial charge is 0.494 e. The molecule has 0 heterocycles. The zero-order valence-electron chi connectivity index (χ0n) is 13.1. The number of aliphatic hydroxyl groups excluding tert-OH is 1. The maximum Gasteiger partial charge on any atom is 0.119 e. The van der Waals surface area contributed by atoms with Crippen molar-refractivity contribution < 1.29 is 9.84 Å². The van der Waals surface area contributed by atoms with E-state index in [1.165, 1.54) is 5.56 Å². The minimum Gasteiger partial charge on any atom is -0.494 e. The first kappa shape index (κ1) is 17.0. The van der Waals surface area contributed by atoms with E-state index < -0.39 is 0 Å². The Hall–Kier alpha value is -1.06. The van der Waals surface area contributed by atoms with Crippen molar-refractivity contribution >= 4 is 0 Å². The van der Waals surface area contributed by atoms with E-state index in [9.17, 15) is 5.11 Å². The standard InChI is InChI=1S/C17H29NO2/c1-4-12-18-17(5-2,14-19)11-6-13-20-16-9-7-15(3)8-10-16/h7-10,18-19H,4-6,11-14H2,1-3H3. The third-order valence-electron chi connectivity index (χ3n) is 3.82. The quantitative estimate of drug-likeness (QED) is 0.646. The lowest BCUT2D eigenvalue weighted by atomic mass is 9.91. The van der Waals surface area contributed by atoms with E-state index in [0.29, 0.717) is 6.61 Å². The van der Waals surface area contributed by atoms with Crippen molar-refractivity contribution in [3.63, 3.8) is 0 Å². The third kappa shape index (κ3) is 5.51. The lowest BCUT2D eigenvalue weighted by Gasteiger charge is -2.32. The van der Waals surface area contributed by atoms with E-state index in [2.05, 4.69) is 38.2 Å². The average Bonchev–Trinajstić information content (AvgIpc) is 2.49. The van der Waals surface area contributed by atoms with Gasteiger partial charge in [-0.15, -0.1) is 0 Å². The van der Waals surface area contributed by atoms with E-state index in [4.69, 9.17) is 4.74 Å². The molecule has 0 amide bonds. The number of benzene rings is 1. The van der Waals surface area contributed by atoms with Crippen molar-refractivity contribution in [3.8, 4) is 5.75 Å². The number of aryl methyl sites for hydroxylation is 1. The van der Waals surface area contributed by atoms with Gasteiger partial charge in [-0.3, -0.25) is 0 Å². The molecule has 3 heteroatoms. The monoisotopic (exact) mass is 279 g/mol. The molecule has 0 fully saturated rings. The predicted molar refractivity (Wildman–Crippen MR) is 84.3 cm³/mol. The number of hydrogen-bond acceptors (Lipinski definition) is 3. The summed E-state index contributed by atoms with van der Waals surface area (Å²) in [4.78, 5) is 0. The number of hydrogen-bond donors (Lipinski definition) is 2. The highest BCUT2D eigenvalue weighted by Crippen LogP contribution is 2.18. The second-order valence-electron chi connectivity index (χ2n) is 5.48. The van der Waals surface area contributed by atoms with Crippen LogP contribution in [0.3, 0.4) is 0 Å². The van der Waals surface area contributed by atoms with Gasteiger partial charge in [0.05, 0.1) is 13.2 Å². The molecule has 1 aromatic carbocycles. The second kappa shape index (κ2) is 8.98. The Kier molecular flexibility index (Phi) is 7.63. The van der Waals surface area contributed by atoms with Gasteiger partial charge in [-0.05, 0) is 51.3 Å². The van der Waals surface area contributed by atoms with Crippen LogP contribution in [-0.2, 0) is 0 Å². The predicted octanol–water partition coefficient (Wildman–Crippen LogP) is 3.29. The van der Waals surface area contributed by atoms with Crippen LogP contribution in [-0.4, -0.2) is 30.4 Å². The summed E-state index contributed by atoms with van der Waals surface area (Å²) in [6.45, 7) is 8.17. The maximum absolute atomic E-state index is 9.65. The van der Waals surface area contributed by atoms with Gasteiger partial charge in [0.15, 0.2) is 0 Å². The number of nitrogens with one attached hydrogen (secondary N) is 1. The molecule has 0 aromatic heterocycles. The Balaban J connectivity index is 2.34. The van der Waals surface area contributed by atoms with Crippen LogP contribution >= 0.6 is 0 Å². The lowest BCUT2D eigenvalue weighted by Crippen LogP contribution is -2.48. The molecule has 0 aliphatic rings. The Morgan fingerprint density at radius 3 is 2.45 bits per heavy atom. The molecule has 0 aliphatic heterocycles. The average molecular weight is 279 g/mol. The Labute approximate surface area is 123 Å². The summed E-state index contributed by atoms with van der Waals surface area (Å²) in [5.41, 5.74) is 1.10. The van der Waals surface area contributed by atoms with Gasteiger partial charge in [0.25, 0.3) is 0 Å². The van der Waals surface area contributed by atoms with E-state index in [0.717, 1.165) is 38.0 Å². The van der Waals surface area contributed by atoms with E-state index in [1.807, 2.05) is 12.1 Å². The highest BCUT2D eigenvalue weighted by Gasteiger charge is 2.25. The van der Waals surface area contributed by atoms with Gasteiger partial charge in [0.2, 0.25) is 0 Å². The summed E-state index contributed by atoms with van der Waals surface area (Å²) in [5, 5.41) is 13.1. The molecular formula is C17H29NO2. The molecule has 0 saturated carbocycles. The summed E-state index contributed by atoms with van der Waals surface area (Å²) >= 11 is 0. The Morgan fingerprint density at radius 2 is 1.90 bits per heavy atom. The first-order valence-electron chi connectivity index (χ1n) is 7.71. The minimum absolute atomic E-state index is 0.146. The molecule has 0 aliphatic carbocycles. The van der Waals surface area contributed by atoms with Crippen LogP contribution in [0.1, 0.15) is 45.1 Å². The van der Waals surface area contributed by atoms with E-state index >= 15 is 0 Å². The number of aliphatic hydroxyl groups is 1. The number of rotatable bonds is 10. The van der Waals surface area contributed by atoms with Crippen LogP contribution in [0.2, 0.25) is 0 Å². The molecule has 20 heavy (non-hydrogen) atoms. The van der Waals surface area contributed by atoms with Gasteiger partial charge in [-0.25, -0.2) is 0 Å². The SMILES string of the molecule is CCCNC(CC)(CO)CCCOc1ccc(C)cc1. The van der Waals surface area contributed by atoms with Crippen LogP contribution in [0, 0.1) is 6.92 Å². The fourth-order valence-corrected chi connectivity index (χ4v) is 2.26. The van der Waals surface area contributed by atoms with Crippen molar-refractivity contribution in [1.29, 1.82) is 0 Å². The van der Waals surface area contributed by atoms with Crippen LogP contribution in [0.15, 0.2) is 24.3 Å². The van der Waals surface area contributed by atoms with E-state index in [1.54, 1.807) is 0 Å². The molecule has 114 valence electrons. The third-order valence-corrected chi connectivity index (χ3v) is 3.82. The maximum atomic E-state index is 9.65. The molecule has 1 unspecified atom stereocenters. The molecule has 1 aromatic rings. The van der Waals surface area contributed by atoms with Crippen molar-refractivity contribution in [2.75, 3.05) is 19.8 Å². The highest BCUT2D eigenvalue weighted by atomic mass is 16.5. The molecule has 0 spiro atoms. The molecule has 3 nitrogen and oxygen atoms in total. The lowest BCUT2D eigenvalue weighted by molar-refractivity contribution is 0.138. The van der Waals surface area contributed by atoms with Crippen molar-refractivity contribution in [2.24, 2.45) is 0 Å². The van der Waals surface area contributed by atoms with Crippen LogP contribution in [0.5, 0.6) is 5.75 Å². The summed E-state index contributed by atoms with van der Waals surface area (Å²) in [6.07, 6.45) is 3.90. The summed E-state index contributed by atoms with van der Waals surface area (Å²) < 4.78 is 5.74. The smallest absolute Gasteiger partial charge is 0.119 e. The van der Waals surface area contributed by atoms with Gasteiger partial charge < -0.3 is 15.2 Å². The Bertz CT molecular complexity index is 358. The summed E-state index contributed by atoms with van der Waals surface area (Å²) in [5.74, 6) is 0.920. The Morgan fingerprint density at radius 1 is 1.20 bits per heavy atom. The fraction of sp³-hybridized carbons (Fsp3) is 0.647. The molecule has 0 radical (unpaired) electrons. The van der Waals surface area contributed by atoms with Gasteiger partial charge in [0, 0.05) is 5.54 Å². The molecular weight excluding hydrogens is 250 g/mol. The molecule has 2 N–H and O–H groups in total.